The predicted octanol–water partition coefficient (Wildman–Crippen LogP) is 7.73. The minimum atomic E-state index is -2.09. The van der Waals surface area contributed by atoms with E-state index in [1.54, 1.807) is 44.6 Å². The van der Waals surface area contributed by atoms with E-state index in [0.717, 1.165) is 16.7 Å². The largest absolute Gasteiger partial charge is 0.497 e. The van der Waals surface area contributed by atoms with E-state index in [1.165, 1.54) is 16.8 Å². The highest BCUT2D eigenvalue weighted by Crippen LogP contribution is 2.47. The van der Waals surface area contributed by atoms with Crippen molar-refractivity contribution in [2.45, 2.75) is 36.9 Å². The van der Waals surface area contributed by atoms with Gasteiger partial charge in [0.25, 0.3) is 5.91 Å². The number of nitrogens with one attached hydrogen (secondary N) is 1. The van der Waals surface area contributed by atoms with Crippen molar-refractivity contribution in [3.05, 3.63) is 165 Å². The van der Waals surface area contributed by atoms with Gasteiger partial charge in [-0.15, -0.1) is 0 Å². The van der Waals surface area contributed by atoms with Gasteiger partial charge < -0.3 is 52.0 Å². The molecule has 1 amide bonds. The summed E-state index contributed by atoms with van der Waals surface area (Å²) in [5.74, 6) is 0.979. The van der Waals surface area contributed by atoms with E-state index in [1.807, 2.05) is 78.9 Å². The van der Waals surface area contributed by atoms with Crippen LogP contribution in [0.4, 0.5) is 5.82 Å². The van der Waals surface area contributed by atoms with Crippen LogP contribution in [-0.4, -0.2) is 108 Å². The Balaban J connectivity index is 1.24. The molecule has 2 heterocycles. The molecule has 358 valence electrons. The fraction of sp³-hybridized carbons (Fsp3) is 0.375. The third kappa shape index (κ3) is 14.6. The molecule has 1 N–H and O–H groups in total. The third-order valence-electron chi connectivity index (χ3n) is 10.4. The van der Waals surface area contributed by atoms with Gasteiger partial charge in [0, 0.05) is 29.6 Å². The van der Waals surface area contributed by atoms with Gasteiger partial charge in [-0.3, -0.25) is 9.36 Å². The van der Waals surface area contributed by atoms with E-state index in [9.17, 15) is 14.9 Å². The monoisotopic (exact) mass is 951 g/mol. The Kier molecular flexibility index (Phi) is 20.7. The molecule has 0 saturated carbocycles. The minimum Gasteiger partial charge on any atom is -0.497 e. The molecule has 1 aliphatic rings. The van der Waals surface area contributed by atoms with Gasteiger partial charge in [0.15, 0.2) is 0 Å². The van der Waals surface area contributed by atoms with Crippen LogP contribution < -0.4 is 20.5 Å². The lowest BCUT2D eigenvalue weighted by Crippen LogP contribution is -2.38. The topological polar surface area (TPSA) is 229 Å². The van der Waals surface area contributed by atoms with Crippen LogP contribution in [0.1, 0.15) is 46.1 Å². The maximum atomic E-state index is 13.7. The molecule has 1 aromatic heterocycles. The van der Waals surface area contributed by atoms with Gasteiger partial charge in [-0.2, -0.15) is 10.2 Å². The lowest BCUT2D eigenvalue weighted by molar-refractivity contribution is -0.0931. The van der Waals surface area contributed by atoms with E-state index in [4.69, 9.17) is 52.3 Å². The van der Waals surface area contributed by atoms with Crippen molar-refractivity contribution in [2.75, 3.05) is 85.5 Å². The standard InChI is InChI=1S/C48H54N7O12P/c1-58-40-18-14-38(15-19-40)48(37-12-7-4-8-13-37,39-16-20-41(59-2)21-17-39)63-35-43-42(34-45(66-43)55-25-22-44(53-47(55)57)52-46(56)36-10-5-3-6-11-36)67-68(64-26-9-23-49)65-33-32-62-31-30-61-29-28-60-27-24-51-54-50/h3-8,10-22,25,42-43,45H,9,24,26-35H2,1-2H3,(H,52,53,56,57)/t42-,43+,45+,68?/m0/s1. The molecule has 5 aromatic rings. The van der Waals surface area contributed by atoms with Gasteiger partial charge in [-0.1, -0.05) is 77.9 Å². The van der Waals surface area contributed by atoms with Crippen molar-refractivity contribution < 1.29 is 51.5 Å². The first kappa shape index (κ1) is 51.1. The number of amides is 1. The number of rotatable bonds is 29. The summed E-state index contributed by atoms with van der Waals surface area (Å²) in [6, 6.07) is 37.2. The van der Waals surface area contributed by atoms with E-state index < -0.39 is 44.2 Å². The number of hydrogen-bond donors (Lipinski definition) is 1. The van der Waals surface area contributed by atoms with E-state index in [0.29, 0.717) is 43.5 Å². The summed E-state index contributed by atoms with van der Waals surface area (Å²) >= 11 is 0. The van der Waals surface area contributed by atoms with Crippen LogP contribution in [0.15, 0.2) is 131 Å². The van der Waals surface area contributed by atoms with E-state index in [-0.39, 0.29) is 58.2 Å². The van der Waals surface area contributed by atoms with Gasteiger partial charge in [0.1, 0.15) is 35.2 Å². The number of azide groups is 1. The lowest BCUT2D eigenvalue weighted by Gasteiger charge is -2.37. The second kappa shape index (κ2) is 27.5. The number of aromatic nitrogens is 2. The number of ether oxygens (including phenoxy) is 7. The highest BCUT2D eigenvalue weighted by Gasteiger charge is 2.44. The zero-order chi connectivity index (χ0) is 47.8. The summed E-state index contributed by atoms with van der Waals surface area (Å²) in [6.07, 6.45) is -0.762. The van der Waals surface area contributed by atoms with Crippen LogP contribution in [-0.2, 0) is 42.9 Å². The number of nitrogens with zero attached hydrogens (tertiary/aromatic N) is 6. The highest BCUT2D eigenvalue weighted by molar-refractivity contribution is 7.41. The molecule has 1 unspecified atom stereocenters. The lowest BCUT2D eigenvalue weighted by atomic mass is 9.80. The van der Waals surface area contributed by atoms with Crippen molar-refractivity contribution in [1.82, 2.24) is 9.55 Å². The molecule has 0 bridgehead atoms. The van der Waals surface area contributed by atoms with Gasteiger partial charge >= 0.3 is 14.3 Å². The van der Waals surface area contributed by atoms with Crippen LogP contribution in [0.2, 0.25) is 0 Å². The second-order valence-electron chi connectivity index (χ2n) is 14.7. The quantitative estimate of drug-likeness (QED) is 0.0121. The first-order valence-electron chi connectivity index (χ1n) is 21.8. The Hall–Kier alpha value is -6.26. The first-order valence-corrected chi connectivity index (χ1v) is 22.9. The fourth-order valence-corrected chi connectivity index (χ4v) is 8.23. The fourth-order valence-electron chi connectivity index (χ4n) is 7.13. The maximum Gasteiger partial charge on any atom is 0.351 e. The average Bonchev–Trinajstić information content (AvgIpc) is 3.78. The second-order valence-corrected chi connectivity index (χ2v) is 15.9. The number of hydrogen-bond acceptors (Lipinski definition) is 15. The van der Waals surface area contributed by atoms with Crippen LogP contribution in [0, 0.1) is 11.3 Å². The molecule has 0 radical (unpaired) electrons. The molecule has 0 spiro atoms. The molecule has 6 rings (SSSR count). The van der Waals surface area contributed by atoms with Crippen LogP contribution in [0.25, 0.3) is 10.4 Å². The van der Waals surface area contributed by atoms with Crippen LogP contribution in [0.5, 0.6) is 11.5 Å². The number of carbonyl (C=O) groups excluding carboxylic acids is 1. The number of benzene rings is 4. The van der Waals surface area contributed by atoms with Crippen LogP contribution in [0.3, 0.4) is 0 Å². The van der Waals surface area contributed by atoms with Gasteiger partial charge in [0.05, 0.1) is 92.3 Å². The third-order valence-corrected chi connectivity index (χ3v) is 11.7. The van der Waals surface area contributed by atoms with Crippen molar-refractivity contribution >= 4 is 20.3 Å². The summed E-state index contributed by atoms with van der Waals surface area (Å²) in [7, 11) is 1.12. The van der Waals surface area contributed by atoms with Crippen molar-refractivity contribution in [1.29, 1.82) is 5.26 Å². The summed E-state index contributed by atoms with van der Waals surface area (Å²) in [6.45, 7) is 2.11. The smallest absolute Gasteiger partial charge is 0.351 e. The number of nitriles is 1. The van der Waals surface area contributed by atoms with Gasteiger partial charge in [0.2, 0.25) is 0 Å². The molecule has 20 heteroatoms. The Morgan fingerprint density at radius 2 is 1.40 bits per heavy atom. The van der Waals surface area contributed by atoms with E-state index in [2.05, 4.69) is 26.4 Å². The van der Waals surface area contributed by atoms with Crippen molar-refractivity contribution in [3.8, 4) is 17.6 Å². The Morgan fingerprint density at radius 1 is 0.824 bits per heavy atom. The number of carbonyl (C=O) groups is 1. The summed E-state index contributed by atoms with van der Waals surface area (Å²) in [4.78, 5) is 33.4. The Bertz CT molecular complexity index is 2390. The van der Waals surface area contributed by atoms with Crippen molar-refractivity contribution in [3.63, 3.8) is 0 Å². The zero-order valence-corrected chi connectivity index (χ0v) is 38.7. The molecule has 1 aliphatic heterocycles. The SMILES string of the molecule is COc1ccc(C(OC[C@H]2O[C@@H](n3ccc(NC(=O)c4ccccc4)nc3=O)C[C@@H]2OP(OCCC#N)OCCOCCOCCOCCN=[N+]=[N-])(c2ccccc2)c2ccc(OC)cc2)cc1. The Morgan fingerprint density at radius 3 is 1.99 bits per heavy atom. The number of methoxy groups -OCH3 is 2. The van der Waals surface area contributed by atoms with Gasteiger partial charge in [-0.25, -0.2) is 4.79 Å². The molecular weight excluding hydrogens is 898 g/mol. The molecule has 19 nitrogen and oxygen atoms in total. The highest BCUT2D eigenvalue weighted by atomic mass is 31.2. The normalized spacial score (nSPS) is 16.0. The molecule has 1 saturated heterocycles. The molecule has 4 atom stereocenters. The molecular formula is C48H54N7O12P. The number of anilines is 1. The van der Waals surface area contributed by atoms with Gasteiger partial charge in [-0.05, 0) is 64.7 Å². The first-order chi connectivity index (χ1) is 33.4. The molecule has 0 aliphatic carbocycles. The maximum absolute atomic E-state index is 13.7. The summed E-state index contributed by atoms with van der Waals surface area (Å²) in [5.41, 5.74) is 9.28. The van der Waals surface area contributed by atoms with Crippen LogP contribution >= 0.6 is 8.60 Å². The molecule has 1 fully saturated rings. The zero-order valence-electron chi connectivity index (χ0n) is 37.8. The summed E-state index contributed by atoms with van der Waals surface area (Å²) < 4.78 is 61.5. The predicted molar refractivity (Wildman–Crippen MR) is 250 cm³/mol. The average molecular weight is 952 g/mol. The molecule has 68 heavy (non-hydrogen) atoms. The van der Waals surface area contributed by atoms with E-state index >= 15 is 0 Å². The molecule has 4 aromatic carbocycles. The van der Waals surface area contributed by atoms with Crippen molar-refractivity contribution in [2.24, 2.45) is 5.11 Å². The Labute approximate surface area is 395 Å². The summed E-state index contributed by atoms with van der Waals surface area (Å²) in [5, 5.41) is 15.4. The minimum absolute atomic E-state index is 0.0333.